The highest BCUT2D eigenvalue weighted by molar-refractivity contribution is 4.97. The van der Waals surface area contributed by atoms with E-state index in [1.165, 1.54) is 103 Å². The monoisotopic (exact) mass is 337 g/mol. The van der Waals surface area contributed by atoms with Crippen LogP contribution in [-0.4, -0.2) is 13.2 Å². The molecule has 0 aromatic rings. The zero-order chi connectivity index (χ0) is 17.1. The second-order valence-electron chi connectivity index (χ2n) is 7.44. The highest BCUT2D eigenvalue weighted by Crippen LogP contribution is 2.14. The molecule has 0 aromatic carbocycles. The van der Waals surface area contributed by atoms with Crippen LogP contribution < -0.4 is 5.32 Å². The highest BCUT2D eigenvalue weighted by Gasteiger charge is 2.02. The van der Waals surface area contributed by atoms with E-state index in [0.29, 0.717) is 0 Å². The van der Waals surface area contributed by atoms with Crippen molar-refractivity contribution in [3.8, 4) is 0 Å². The van der Waals surface area contributed by atoms with Crippen LogP contribution in [0.5, 0.6) is 0 Å². The van der Waals surface area contributed by atoms with Gasteiger partial charge < -0.3 is 10.1 Å². The van der Waals surface area contributed by atoms with Gasteiger partial charge in [-0.15, -0.1) is 0 Å². The van der Waals surface area contributed by atoms with E-state index < -0.39 is 0 Å². The van der Waals surface area contributed by atoms with E-state index >= 15 is 0 Å². The molecule has 0 amide bonds. The van der Waals surface area contributed by atoms with Crippen LogP contribution in [0.3, 0.4) is 0 Å². The van der Waals surface area contributed by atoms with Crippen molar-refractivity contribution >= 4 is 0 Å². The molecule has 0 fully saturated rings. The molecule has 142 valence electrons. The molecule has 0 bridgehead atoms. The molecule has 1 aliphatic rings. The van der Waals surface area contributed by atoms with Crippen LogP contribution in [0.25, 0.3) is 0 Å². The average Bonchev–Trinajstić information content (AvgIpc) is 3.11. The van der Waals surface area contributed by atoms with E-state index in [4.69, 9.17) is 4.74 Å². The topological polar surface area (TPSA) is 21.3 Å². The summed E-state index contributed by atoms with van der Waals surface area (Å²) in [6, 6.07) is 0. The Balaban J connectivity index is 1.65. The largest absolute Gasteiger partial charge is 0.479 e. The Morgan fingerprint density at radius 2 is 1.17 bits per heavy atom. The van der Waals surface area contributed by atoms with Crippen molar-refractivity contribution in [2.45, 2.75) is 116 Å². The fourth-order valence-corrected chi connectivity index (χ4v) is 3.41. The maximum absolute atomic E-state index is 5.67. The molecule has 0 atom stereocenters. The maximum Gasteiger partial charge on any atom is 0.182 e. The normalized spacial score (nSPS) is 13.8. The van der Waals surface area contributed by atoms with E-state index in [0.717, 1.165) is 25.5 Å². The number of unbranched alkanes of at least 4 members (excludes halogenated alkanes) is 15. The molecule has 1 aliphatic heterocycles. The average molecular weight is 338 g/mol. The molecular weight excluding hydrogens is 294 g/mol. The molecule has 0 aromatic heterocycles. The Kier molecular flexibility index (Phi) is 15.3. The zero-order valence-electron chi connectivity index (χ0n) is 16.4. The van der Waals surface area contributed by atoms with Crippen molar-refractivity contribution < 1.29 is 4.74 Å². The molecule has 0 spiro atoms. The Morgan fingerprint density at radius 3 is 1.58 bits per heavy atom. The molecule has 1 heterocycles. The SMILES string of the molecule is CCCCCCCCCCCCCCCCCCOC1=CCCN1. The van der Waals surface area contributed by atoms with Gasteiger partial charge >= 0.3 is 0 Å². The molecular formula is C22H43NO. The van der Waals surface area contributed by atoms with Crippen LogP contribution in [0, 0.1) is 0 Å². The summed E-state index contributed by atoms with van der Waals surface area (Å²) in [6.07, 6.45) is 26.0. The first-order valence-corrected chi connectivity index (χ1v) is 11.0. The molecule has 1 rings (SSSR count). The molecule has 0 unspecified atom stereocenters. The summed E-state index contributed by atoms with van der Waals surface area (Å²) >= 11 is 0. The van der Waals surface area contributed by atoms with Crippen molar-refractivity contribution in [1.82, 2.24) is 5.32 Å². The second kappa shape index (κ2) is 17.2. The summed E-state index contributed by atoms with van der Waals surface area (Å²) in [5, 5.41) is 3.25. The third-order valence-electron chi connectivity index (χ3n) is 5.03. The molecule has 1 N–H and O–H groups in total. The van der Waals surface area contributed by atoms with Crippen LogP contribution in [0.1, 0.15) is 116 Å². The fourth-order valence-electron chi connectivity index (χ4n) is 3.41. The minimum Gasteiger partial charge on any atom is -0.479 e. The minimum atomic E-state index is 0.886. The number of rotatable bonds is 18. The number of hydrogen-bond donors (Lipinski definition) is 1. The van der Waals surface area contributed by atoms with E-state index in [2.05, 4.69) is 18.3 Å². The van der Waals surface area contributed by atoms with Crippen molar-refractivity contribution in [1.29, 1.82) is 0 Å². The minimum absolute atomic E-state index is 0.886. The summed E-state index contributed by atoms with van der Waals surface area (Å²) in [5.74, 6) is 1.01. The van der Waals surface area contributed by atoms with Gasteiger partial charge in [0.25, 0.3) is 0 Å². The van der Waals surface area contributed by atoms with Crippen molar-refractivity contribution in [3.63, 3.8) is 0 Å². The lowest BCUT2D eigenvalue weighted by Gasteiger charge is -2.07. The number of hydrogen-bond acceptors (Lipinski definition) is 2. The molecule has 0 radical (unpaired) electrons. The zero-order valence-corrected chi connectivity index (χ0v) is 16.4. The first kappa shape index (κ1) is 21.4. The molecule has 0 saturated carbocycles. The fraction of sp³-hybridized carbons (Fsp3) is 0.909. The van der Waals surface area contributed by atoms with Gasteiger partial charge in [0.2, 0.25) is 0 Å². The lowest BCUT2D eigenvalue weighted by Crippen LogP contribution is -2.10. The smallest absolute Gasteiger partial charge is 0.182 e. The third-order valence-corrected chi connectivity index (χ3v) is 5.03. The quantitative estimate of drug-likeness (QED) is 0.269. The maximum atomic E-state index is 5.67. The van der Waals surface area contributed by atoms with Crippen LogP contribution >= 0.6 is 0 Å². The third kappa shape index (κ3) is 13.7. The van der Waals surface area contributed by atoms with E-state index in [-0.39, 0.29) is 0 Å². The Labute approximate surface area is 151 Å². The Morgan fingerprint density at radius 1 is 0.708 bits per heavy atom. The van der Waals surface area contributed by atoms with Gasteiger partial charge in [-0.3, -0.25) is 0 Å². The van der Waals surface area contributed by atoms with Crippen molar-refractivity contribution in [3.05, 3.63) is 12.0 Å². The van der Waals surface area contributed by atoms with E-state index in [1.54, 1.807) is 0 Å². The second-order valence-corrected chi connectivity index (χ2v) is 7.44. The van der Waals surface area contributed by atoms with Gasteiger partial charge in [-0.05, 0) is 18.9 Å². The van der Waals surface area contributed by atoms with Crippen LogP contribution in [0.15, 0.2) is 12.0 Å². The summed E-state index contributed by atoms with van der Waals surface area (Å²) in [4.78, 5) is 0. The summed E-state index contributed by atoms with van der Waals surface area (Å²) in [7, 11) is 0. The number of nitrogens with one attached hydrogen (secondary N) is 1. The first-order chi connectivity index (χ1) is 11.9. The molecule has 0 saturated heterocycles. The van der Waals surface area contributed by atoms with Crippen molar-refractivity contribution in [2.75, 3.05) is 13.2 Å². The van der Waals surface area contributed by atoms with Gasteiger partial charge in [-0.25, -0.2) is 0 Å². The van der Waals surface area contributed by atoms with Gasteiger partial charge in [0.05, 0.1) is 6.61 Å². The Hall–Kier alpha value is -0.660. The van der Waals surface area contributed by atoms with Gasteiger partial charge in [0.15, 0.2) is 5.88 Å². The standard InChI is InChI=1S/C22H43NO/c1-2-3-4-5-6-7-8-9-10-11-12-13-14-15-16-17-21-24-22-19-18-20-23-22/h19,23H,2-18,20-21H2,1H3. The van der Waals surface area contributed by atoms with Crippen molar-refractivity contribution in [2.24, 2.45) is 0 Å². The summed E-state index contributed by atoms with van der Waals surface area (Å²) < 4.78 is 5.67. The lowest BCUT2D eigenvalue weighted by molar-refractivity contribution is 0.190. The molecule has 24 heavy (non-hydrogen) atoms. The highest BCUT2D eigenvalue weighted by atomic mass is 16.5. The van der Waals surface area contributed by atoms with Gasteiger partial charge in [0, 0.05) is 6.54 Å². The van der Waals surface area contributed by atoms with E-state index in [1.807, 2.05) is 0 Å². The van der Waals surface area contributed by atoms with Crippen LogP contribution in [0.2, 0.25) is 0 Å². The summed E-state index contributed by atoms with van der Waals surface area (Å²) in [6.45, 7) is 4.23. The first-order valence-electron chi connectivity index (χ1n) is 11.0. The molecule has 2 heteroatoms. The summed E-state index contributed by atoms with van der Waals surface area (Å²) in [5.41, 5.74) is 0. The molecule has 2 nitrogen and oxygen atoms in total. The van der Waals surface area contributed by atoms with Gasteiger partial charge in [0.1, 0.15) is 0 Å². The van der Waals surface area contributed by atoms with Gasteiger partial charge in [-0.1, -0.05) is 103 Å². The predicted molar refractivity (Wildman–Crippen MR) is 106 cm³/mol. The van der Waals surface area contributed by atoms with E-state index in [9.17, 15) is 0 Å². The van der Waals surface area contributed by atoms with Crippen LogP contribution in [-0.2, 0) is 4.74 Å². The lowest BCUT2D eigenvalue weighted by atomic mass is 10.0. The predicted octanol–water partition coefficient (Wildman–Crippen LogP) is 7.10. The Bertz CT molecular complexity index is 288. The van der Waals surface area contributed by atoms with Crippen LogP contribution in [0.4, 0.5) is 0 Å². The number of ether oxygens (including phenoxy) is 1. The molecule has 0 aliphatic carbocycles. The van der Waals surface area contributed by atoms with Gasteiger partial charge in [-0.2, -0.15) is 0 Å².